The molecule has 2 rings (SSSR count). The van der Waals surface area contributed by atoms with Gasteiger partial charge in [-0.3, -0.25) is 0 Å². The summed E-state index contributed by atoms with van der Waals surface area (Å²) in [6, 6.07) is 15.6. The van der Waals surface area contributed by atoms with Gasteiger partial charge in [0.1, 0.15) is 0 Å². The zero-order chi connectivity index (χ0) is 13.0. The zero-order valence-corrected chi connectivity index (χ0v) is 11.7. The molecule has 0 radical (unpaired) electrons. The monoisotopic (exact) mass is 278 g/mol. The lowest BCUT2D eigenvalue weighted by molar-refractivity contribution is 0.204. The average Bonchev–Trinajstić information content (AvgIpc) is 2.38. The minimum atomic E-state index is -0.439. The number of hydrogen-bond donors (Lipinski definition) is 1. The van der Waals surface area contributed by atoms with Crippen molar-refractivity contribution in [3.8, 4) is 0 Å². The fraction of sp³-hybridized carbons (Fsp3) is 0.200. The first-order chi connectivity index (χ1) is 8.65. The second kappa shape index (κ2) is 6.28. The highest BCUT2D eigenvalue weighted by Crippen LogP contribution is 2.26. The van der Waals surface area contributed by atoms with E-state index in [-0.39, 0.29) is 0 Å². The molecule has 94 valence electrons. The number of aliphatic hydroxyl groups is 1. The van der Waals surface area contributed by atoms with E-state index >= 15 is 0 Å². The Labute approximate surface area is 117 Å². The van der Waals surface area contributed by atoms with Gasteiger partial charge in [-0.1, -0.05) is 41.4 Å². The van der Waals surface area contributed by atoms with Crippen LogP contribution in [-0.2, 0) is 0 Å². The minimum Gasteiger partial charge on any atom is -0.388 e. The van der Waals surface area contributed by atoms with Gasteiger partial charge in [-0.2, -0.15) is 0 Å². The van der Waals surface area contributed by atoms with Gasteiger partial charge in [0.15, 0.2) is 0 Å². The van der Waals surface area contributed by atoms with Crippen LogP contribution in [0, 0.1) is 6.92 Å². The number of hydrogen-bond acceptors (Lipinski definition) is 2. The predicted octanol–water partition coefficient (Wildman–Crippen LogP) is 4.47. The van der Waals surface area contributed by atoms with E-state index < -0.39 is 6.10 Å². The van der Waals surface area contributed by atoms with Crippen LogP contribution in [0.15, 0.2) is 53.4 Å². The van der Waals surface area contributed by atoms with Crippen LogP contribution in [0.2, 0.25) is 5.02 Å². The number of rotatable bonds is 4. The van der Waals surface area contributed by atoms with E-state index in [2.05, 4.69) is 0 Å². The van der Waals surface area contributed by atoms with Crippen molar-refractivity contribution in [1.82, 2.24) is 0 Å². The first-order valence-corrected chi connectivity index (χ1v) is 7.14. The van der Waals surface area contributed by atoms with Crippen LogP contribution in [0.3, 0.4) is 0 Å². The quantitative estimate of drug-likeness (QED) is 0.833. The van der Waals surface area contributed by atoms with Crippen molar-refractivity contribution in [1.29, 1.82) is 0 Å². The fourth-order valence-electron chi connectivity index (χ4n) is 1.68. The van der Waals surface area contributed by atoms with Crippen molar-refractivity contribution in [3.63, 3.8) is 0 Å². The van der Waals surface area contributed by atoms with Gasteiger partial charge in [-0.25, -0.2) is 0 Å². The van der Waals surface area contributed by atoms with E-state index in [1.54, 1.807) is 11.8 Å². The molecule has 0 aliphatic rings. The molecule has 0 heterocycles. The summed E-state index contributed by atoms with van der Waals surface area (Å²) in [4.78, 5) is 1.12. The Morgan fingerprint density at radius 1 is 1.17 bits per heavy atom. The van der Waals surface area contributed by atoms with E-state index in [0.717, 1.165) is 15.5 Å². The summed E-state index contributed by atoms with van der Waals surface area (Å²) < 4.78 is 0. The maximum absolute atomic E-state index is 10.1. The van der Waals surface area contributed by atoms with Gasteiger partial charge in [-0.05, 0) is 36.8 Å². The smallest absolute Gasteiger partial charge is 0.0884 e. The van der Waals surface area contributed by atoms with Gasteiger partial charge >= 0.3 is 0 Å². The molecule has 0 saturated carbocycles. The first kappa shape index (κ1) is 13.5. The molecular weight excluding hydrogens is 264 g/mol. The fourth-order valence-corrected chi connectivity index (χ4v) is 2.68. The third-order valence-corrected chi connectivity index (χ3v) is 3.99. The highest BCUT2D eigenvalue weighted by Gasteiger charge is 2.08. The third-order valence-electron chi connectivity index (χ3n) is 2.65. The molecule has 0 bridgehead atoms. The molecule has 0 aromatic heterocycles. The molecular formula is C15H15ClOS. The van der Waals surface area contributed by atoms with Gasteiger partial charge in [0.05, 0.1) is 6.10 Å². The molecule has 1 nitrogen and oxygen atoms in total. The topological polar surface area (TPSA) is 20.2 Å². The van der Waals surface area contributed by atoms with Crippen molar-refractivity contribution in [2.24, 2.45) is 0 Å². The van der Waals surface area contributed by atoms with E-state index in [1.807, 2.05) is 55.5 Å². The van der Waals surface area contributed by atoms with E-state index in [9.17, 15) is 5.11 Å². The molecule has 1 atom stereocenters. The van der Waals surface area contributed by atoms with Crippen LogP contribution in [0.25, 0.3) is 0 Å². The number of thioether (sulfide) groups is 1. The van der Waals surface area contributed by atoms with Crippen molar-refractivity contribution in [2.75, 3.05) is 5.75 Å². The normalized spacial score (nSPS) is 12.4. The largest absolute Gasteiger partial charge is 0.388 e. The Kier molecular flexibility index (Phi) is 4.70. The van der Waals surface area contributed by atoms with Crippen LogP contribution < -0.4 is 0 Å². The summed E-state index contributed by atoms with van der Waals surface area (Å²) in [6.07, 6.45) is -0.439. The average molecular weight is 279 g/mol. The Morgan fingerprint density at radius 2 is 1.89 bits per heavy atom. The molecule has 1 unspecified atom stereocenters. The highest BCUT2D eigenvalue weighted by atomic mass is 35.5. The van der Waals surface area contributed by atoms with Crippen LogP contribution in [0.1, 0.15) is 17.2 Å². The predicted molar refractivity (Wildman–Crippen MR) is 78.3 cm³/mol. The van der Waals surface area contributed by atoms with Gasteiger partial charge in [0.2, 0.25) is 0 Å². The summed E-state index contributed by atoms with van der Waals surface area (Å²) in [5.74, 6) is 0.644. The van der Waals surface area contributed by atoms with Crippen LogP contribution in [-0.4, -0.2) is 10.9 Å². The molecule has 2 aromatic rings. The van der Waals surface area contributed by atoms with E-state index in [4.69, 9.17) is 11.6 Å². The van der Waals surface area contributed by atoms with Crippen molar-refractivity contribution in [3.05, 3.63) is 64.7 Å². The Morgan fingerprint density at radius 3 is 2.56 bits per heavy atom. The van der Waals surface area contributed by atoms with Gasteiger partial charge < -0.3 is 5.11 Å². The SMILES string of the molecule is Cc1cccc(C(O)CSc2ccc(Cl)cc2)c1. The maximum atomic E-state index is 10.1. The Hall–Kier alpha value is -0.960. The lowest BCUT2D eigenvalue weighted by Gasteiger charge is -2.11. The van der Waals surface area contributed by atoms with Crippen LogP contribution in [0.5, 0.6) is 0 Å². The molecule has 18 heavy (non-hydrogen) atoms. The molecule has 3 heteroatoms. The lowest BCUT2D eigenvalue weighted by Crippen LogP contribution is -2.00. The minimum absolute atomic E-state index is 0.439. The van der Waals surface area contributed by atoms with Gasteiger partial charge in [0, 0.05) is 15.7 Å². The van der Waals surface area contributed by atoms with Crippen LogP contribution >= 0.6 is 23.4 Å². The summed E-state index contributed by atoms with van der Waals surface area (Å²) in [5.41, 5.74) is 2.14. The van der Waals surface area contributed by atoms with E-state index in [0.29, 0.717) is 5.75 Å². The molecule has 0 spiro atoms. The summed E-state index contributed by atoms with van der Waals surface area (Å²) >= 11 is 7.46. The molecule has 0 aliphatic carbocycles. The zero-order valence-electron chi connectivity index (χ0n) is 10.1. The maximum Gasteiger partial charge on any atom is 0.0884 e. The molecule has 1 N–H and O–H groups in total. The summed E-state index contributed by atoms with van der Waals surface area (Å²) in [6.45, 7) is 2.03. The second-order valence-corrected chi connectivity index (χ2v) is 5.72. The first-order valence-electron chi connectivity index (χ1n) is 5.78. The summed E-state index contributed by atoms with van der Waals surface area (Å²) in [5, 5.41) is 10.8. The number of benzene rings is 2. The van der Waals surface area contributed by atoms with E-state index in [1.165, 1.54) is 5.56 Å². The molecule has 0 aliphatic heterocycles. The van der Waals surface area contributed by atoms with Crippen molar-refractivity contribution in [2.45, 2.75) is 17.9 Å². The number of aryl methyl sites for hydroxylation is 1. The Balaban J connectivity index is 1.96. The van der Waals surface area contributed by atoms with Gasteiger partial charge in [0.25, 0.3) is 0 Å². The van der Waals surface area contributed by atoms with Crippen molar-refractivity contribution >= 4 is 23.4 Å². The van der Waals surface area contributed by atoms with Crippen LogP contribution in [0.4, 0.5) is 0 Å². The molecule has 0 amide bonds. The van der Waals surface area contributed by atoms with Gasteiger partial charge in [-0.15, -0.1) is 11.8 Å². The standard InChI is InChI=1S/C15H15ClOS/c1-11-3-2-4-12(9-11)15(17)10-18-14-7-5-13(16)6-8-14/h2-9,15,17H,10H2,1H3. The Bertz CT molecular complexity index is 510. The third kappa shape index (κ3) is 3.77. The number of aliphatic hydroxyl groups excluding tert-OH is 1. The number of halogens is 1. The highest BCUT2D eigenvalue weighted by molar-refractivity contribution is 7.99. The lowest BCUT2D eigenvalue weighted by atomic mass is 10.1. The summed E-state index contributed by atoms with van der Waals surface area (Å²) in [7, 11) is 0. The van der Waals surface area contributed by atoms with Crippen molar-refractivity contribution < 1.29 is 5.11 Å². The molecule has 0 fully saturated rings. The molecule has 0 saturated heterocycles. The second-order valence-electron chi connectivity index (χ2n) is 4.19. The molecule has 2 aromatic carbocycles.